The lowest BCUT2D eigenvalue weighted by Crippen LogP contribution is -2.38. The molecule has 3 atom stereocenters. The number of nitrogens with zero attached hydrogens (tertiary/aromatic N) is 1. The van der Waals surface area contributed by atoms with Crippen molar-refractivity contribution in [3.8, 4) is 0 Å². The van der Waals surface area contributed by atoms with Gasteiger partial charge in [-0.3, -0.25) is 4.79 Å². The van der Waals surface area contributed by atoms with E-state index in [9.17, 15) is 4.79 Å². The monoisotopic (exact) mass is 238 g/mol. The lowest BCUT2D eigenvalue weighted by molar-refractivity contribution is -0.135. The highest BCUT2D eigenvalue weighted by Gasteiger charge is 2.39. The highest BCUT2D eigenvalue weighted by molar-refractivity contribution is 5.79. The van der Waals surface area contributed by atoms with E-state index in [-0.39, 0.29) is 5.92 Å². The Bertz CT molecular complexity index is 265. The van der Waals surface area contributed by atoms with Crippen molar-refractivity contribution in [2.75, 3.05) is 19.6 Å². The second-order valence-corrected chi connectivity index (χ2v) is 6.26. The molecule has 0 aromatic rings. The lowest BCUT2D eigenvalue weighted by Gasteiger charge is -2.24. The SMILES string of the molecule is CC(C)CC(CN)C(=O)N1CC2CCCC2C1. The first-order chi connectivity index (χ1) is 8.11. The summed E-state index contributed by atoms with van der Waals surface area (Å²) in [6, 6.07) is 0. The lowest BCUT2D eigenvalue weighted by atomic mass is 9.96. The molecule has 3 heteroatoms. The molecule has 98 valence electrons. The van der Waals surface area contributed by atoms with Gasteiger partial charge in [-0.1, -0.05) is 20.3 Å². The third-order valence-corrected chi connectivity index (χ3v) is 4.43. The molecule has 2 aliphatic rings. The van der Waals surface area contributed by atoms with E-state index in [1.165, 1.54) is 19.3 Å². The number of rotatable bonds is 4. The Labute approximate surface area is 105 Å². The maximum Gasteiger partial charge on any atom is 0.226 e. The van der Waals surface area contributed by atoms with Gasteiger partial charge in [-0.2, -0.15) is 0 Å². The van der Waals surface area contributed by atoms with Crippen molar-refractivity contribution in [2.45, 2.75) is 39.5 Å². The van der Waals surface area contributed by atoms with Crippen molar-refractivity contribution in [1.29, 1.82) is 0 Å². The number of amides is 1. The molecule has 3 unspecified atom stereocenters. The van der Waals surface area contributed by atoms with Gasteiger partial charge in [-0.25, -0.2) is 0 Å². The van der Waals surface area contributed by atoms with Gasteiger partial charge in [0.25, 0.3) is 0 Å². The standard InChI is InChI=1S/C14H26N2O/c1-10(2)6-13(7-15)14(17)16-8-11-4-3-5-12(11)9-16/h10-13H,3-9,15H2,1-2H3. The topological polar surface area (TPSA) is 46.3 Å². The van der Waals surface area contributed by atoms with E-state index in [1.54, 1.807) is 0 Å². The number of fused-ring (bicyclic) bond motifs is 1. The third kappa shape index (κ3) is 2.82. The van der Waals surface area contributed by atoms with E-state index in [1.807, 2.05) is 0 Å². The Kier molecular flexibility index (Phi) is 4.08. The van der Waals surface area contributed by atoms with Crippen LogP contribution in [-0.4, -0.2) is 30.4 Å². The minimum atomic E-state index is 0.0498. The van der Waals surface area contributed by atoms with Crippen LogP contribution in [0.2, 0.25) is 0 Å². The maximum absolute atomic E-state index is 12.4. The van der Waals surface area contributed by atoms with Crippen LogP contribution in [0.3, 0.4) is 0 Å². The van der Waals surface area contributed by atoms with Crippen LogP contribution in [0, 0.1) is 23.7 Å². The molecule has 1 saturated heterocycles. The molecule has 2 fully saturated rings. The van der Waals surface area contributed by atoms with E-state index in [0.717, 1.165) is 31.3 Å². The van der Waals surface area contributed by atoms with Crippen molar-refractivity contribution >= 4 is 5.91 Å². The van der Waals surface area contributed by atoms with Crippen molar-refractivity contribution < 1.29 is 4.79 Å². The van der Waals surface area contributed by atoms with Crippen molar-refractivity contribution in [1.82, 2.24) is 4.90 Å². The zero-order valence-electron chi connectivity index (χ0n) is 11.2. The second-order valence-electron chi connectivity index (χ2n) is 6.26. The normalized spacial score (nSPS) is 29.8. The first-order valence-corrected chi connectivity index (χ1v) is 7.10. The summed E-state index contributed by atoms with van der Waals surface area (Å²) >= 11 is 0. The van der Waals surface area contributed by atoms with Crippen molar-refractivity contribution in [3.63, 3.8) is 0 Å². The molecule has 1 saturated carbocycles. The maximum atomic E-state index is 12.4. The van der Waals surface area contributed by atoms with Gasteiger partial charge >= 0.3 is 0 Å². The average Bonchev–Trinajstić information content (AvgIpc) is 2.84. The van der Waals surface area contributed by atoms with Crippen LogP contribution in [0.15, 0.2) is 0 Å². The van der Waals surface area contributed by atoms with Crippen LogP contribution in [0.4, 0.5) is 0 Å². The predicted octanol–water partition coefficient (Wildman–Crippen LogP) is 1.87. The Morgan fingerprint density at radius 2 is 1.88 bits per heavy atom. The number of hydrogen-bond acceptors (Lipinski definition) is 2. The van der Waals surface area contributed by atoms with Gasteiger partial charge in [0, 0.05) is 19.6 Å². The number of hydrogen-bond donors (Lipinski definition) is 1. The molecule has 0 spiro atoms. The van der Waals surface area contributed by atoms with Crippen molar-refractivity contribution in [2.24, 2.45) is 29.4 Å². The summed E-state index contributed by atoms with van der Waals surface area (Å²) in [7, 11) is 0. The third-order valence-electron chi connectivity index (χ3n) is 4.43. The summed E-state index contributed by atoms with van der Waals surface area (Å²) in [5.41, 5.74) is 5.76. The van der Waals surface area contributed by atoms with Crippen LogP contribution in [0.1, 0.15) is 39.5 Å². The largest absolute Gasteiger partial charge is 0.342 e. The van der Waals surface area contributed by atoms with Gasteiger partial charge in [-0.05, 0) is 37.0 Å². The molecule has 3 nitrogen and oxygen atoms in total. The molecule has 1 aliphatic carbocycles. The summed E-state index contributed by atoms with van der Waals surface area (Å²) < 4.78 is 0. The minimum absolute atomic E-state index is 0.0498. The van der Waals surface area contributed by atoms with E-state index in [4.69, 9.17) is 5.73 Å². The Morgan fingerprint density at radius 1 is 1.29 bits per heavy atom. The Balaban J connectivity index is 1.91. The Morgan fingerprint density at radius 3 is 2.35 bits per heavy atom. The molecule has 1 aliphatic heterocycles. The minimum Gasteiger partial charge on any atom is -0.342 e. The van der Waals surface area contributed by atoms with Crippen molar-refractivity contribution in [3.05, 3.63) is 0 Å². The molecular formula is C14H26N2O. The molecule has 0 bridgehead atoms. The molecule has 2 N–H and O–H groups in total. The summed E-state index contributed by atoms with van der Waals surface area (Å²) in [6.45, 7) is 6.82. The molecule has 1 heterocycles. The molecule has 2 rings (SSSR count). The number of carbonyl (C=O) groups is 1. The Hall–Kier alpha value is -0.570. The van der Waals surface area contributed by atoms with Crippen LogP contribution in [0.5, 0.6) is 0 Å². The van der Waals surface area contributed by atoms with Gasteiger partial charge in [0.2, 0.25) is 5.91 Å². The second kappa shape index (κ2) is 5.38. The van der Waals surface area contributed by atoms with Crippen LogP contribution in [-0.2, 0) is 4.79 Å². The summed E-state index contributed by atoms with van der Waals surface area (Å²) in [5, 5.41) is 0. The predicted molar refractivity (Wildman–Crippen MR) is 69.4 cm³/mol. The van der Waals surface area contributed by atoms with Crippen LogP contribution >= 0.6 is 0 Å². The van der Waals surface area contributed by atoms with Gasteiger partial charge in [-0.15, -0.1) is 0 Å². The number of nitrogens with two attached hydrogens (primary N) is 1. The summed E-state index contributed by atoms with van der Waals surface area (Å²) in [6.07, 6.45) is 4.95. The quantitative estimate of drug-likeness (QED) is 0.812. The smallest absolute Gasteiger partial charge is 0.226 e. The number of carbonyl (C=O) groups excluding carboxylic acids is 1. The van der Waals surface area contributed by atoms with Gasteiger partial charge < -0.3 is 10.6 Å². The van der Waals surface area contributed by atoms with Crippen LogP contribution in [0.25, 0.3) is 0 Å². The highest BCUT2D eigenvalue weighted by Crippen LogP contribution is 2.38. The molecule has 17 heavy (non-hydrogen) atoms. The molecule has 0 aromatic heterocycles. The fourth-order valence-electron chi connectivity index (χ4n) is 3.54. The first kappa shape index (κ1) is 12.9. The van der Waals surface area contributed by atoms with Gasteiger partial charge in [0.15, 0.2) is 0 Å². The van der Waals surface area contributed by atoms with E-state index in [0.29, 0.717) is 18.4 Å². The summed E-state index contributed by atoms with van der Waals surface area (Å²) in [5.74, 6) is 2.49. The van der Waals surface area contributed by atoms with E-state index < -0.39 is 0 Å². The molecular weight excluding hydrogens is 212 g/mol. The molecule has 1 amide bonds. The number of likely N-dealkylation sites (tertiary alicyclic amines) is 1. The zero-order chi connectivity index (χ0) is 12.4. The fraction of sp³-hybridized carbons (Fsp3) is 0.929. The molecule has 0 aromatic carbocycles. The highest BCUT2D eigenvalue weighted by atomic mass is 16.2. The first-order valence-electron chi connectivity index (χ1n) is 7.10. The zero-order valence-corrected chi connectivity index (χ0v) is 11.2. The average molecular weight is 238 g/mol. The van der Waals surface area contributed by atoms with Gasteiger partial charge in [0.1, 0.15) is 0 Å². The van der Waals surface area contributed by atoms with Crippen LogP contribution < -0.4 is 5.73 Å². The van der Waals surface area contributed by atoms with E-state index >= 15 is 0 Å². The summed E-state index contributed by atoms with van der Waals surface area (Å²) in [4.78, 5) is 14.5. The fourth-order valence-corrected chi connectivity index (χ4v) is 3.54. The molecule has 0 radical (unpaired) electrons. The van der Waals surface area contributed by atoms with Gasteiger partial charge in [0.05, 0.1) is 5.92 Å². The van der Waals surface area contributed by atoms with E-state index in [2.05, 4.69) is 18.7 Å².